The minimum absolute atomic E-state index is 0.00827. The quantitative estimate of drug-likeness (QED) is 0.459. The predicted octanol–water partition coefficient (Wildman–Crippen LogP) is 6.37. The second-order valence-corrected chi connectivity index (χ2v) is 12.0. The fourth-order valence-corrected chi connectivity index (χ4v) is 5.70. The van der Waals surface area contributed by atoms with Crippen molar-refractivity contribution in [2.24, 2.45) is 5.41 Å². The molecule has 188 valence electrons. The summed E-state index contributed by atoms with van der Waals surface area (Å²) in [5.74, 6) is -0.472. The van der Waals surface area contributed by atoms with Gasteiger partial charge in [-0.25, -0.2) is 4.98 Å². The third-order valence-electron chi connectivity index (χ3n) is 6.79. The number of carbonyl (C=O) groups is 2. The molecule has 5 heteroatoms. The van der Waals surface area contributed by atoms with E-state index in [1.165, 1.54) is 0 Å². The highest BCUT2D eigenvalue weighted by Gasteiger charge is 2.56. The Morgan fingerprint density at radius 1 is 0.972 bits per heavy atom. The van der Waals surface area contributed by atoms with Crippen LogP contribution in [0, 0.1) is 19.3 Å². The number of pyridine rings is 1. The Labute approximate surface area is 214 Å². The van der Waals surface area contributed by atoms with Gasteiger partial charge in [0.25, 0.3) is 11.8 Å². The molecule has 0 aliphatic carbocycles. The van der Waals surface area contributed by atoms with Crippen molar-refractivity contribution in [1.29, 1.82) is 0 Å². The summed E-state index contributed by atoms with van der Waals surface area (Å²) in [7, 11) is 0. The second kappa shape index (κ2) is 8.88. The number of aromatic nitrogens is 1. The molecular weight excluding hydrogens is 446 g/mol. The van der Waals surface area contributed by atoms with Gasteiger partial charge < -0.3 is 5.32 Å². The zero-order valence-electron chi connectivity index (χ0n) is 22.7. The monoisotopic (exact) mass is 483 g/mol. The Morgan fingerprint density at radius 3 is 2.36 bits per heavy atom. The highest BCUT2D eigenvalue weighted by molar-refractivity contribution is 6.15. The summed E-state index contributed by atoms with van der Waals surface area (Å²) in [5.41, 5.74) is 2.72. The minimum Gasteiger partial charge on any atom is -0.348 e. The van der Waals surface area contributed by atoms with E-state index in [9.17, 15) is 9.59 Å². The van der Waals surface area contributed by atoms with Crippen LogP contribution in [-0.4, -0.2) is 22.3 Å². The summed E-state index contributed by atoms with van der Waals surface area (Å²) >= 11 is 0. The van der Waals surface area contributed by atoms with Gasteiger partial charge in [-0.05, 0) is 81.4 Å². The lowest BCUT2D eigenvalue weighted by atomic mass is 9.79. The van der Waals surface area contributed by atoms with Gasteiger partial charge in [-0.2, -0.15) is 0 Å². The number of carbonyl (C=O) groups excluding carboxylic acids is 2. The predicted molar refractivity (Wildman–Crippen MR) is 147 cm³/mol. The van der Waals surface area contributed by atoms with Gasteiger partial charge in [-0.15, -0.1) is 0 Å². The molecule has 0 radical (unpaired) electrons. The average molecular weight is 484 g/mol. The van der Waals surface area contributed by atoms with Crippen LogP contribution in [0.1, 0.15) is 64.8 Å². The van der Waals surface area contributed by atoms with Crippen molar-refractivity contribution in [3.05, 3.63) is 83.1 Å². The molecule has 0 saturated heterocycles. The molecular formula is C31H37N3O2. The molecule has 0 saturated carbocycles. The molecule has 5 nitrogen and oxygen atoms in total. The molecule has 1 aliphatic rings. The lowest BCUT2D eigenvalue weighted by Crippen LogP contribution is -2.61. The fourth-order valence-electron chi connectivity index (χ4n) is 5.70. The van der Waals surface area contributed by atoms with E-state index < -0.39 is 11.1 Å². The minimum atomic E-state index is -1.41. The second-order valence-electron chi connectivity index (χ2n) is 12.0. The molecule has 1 unspecified atom stereocenters. The highest BCUT2D eigenvalue weighted by atomic mass is 16.2. The van der Waals surface area contributed by atoms with E-state index in [2.05, 4.69) is 26.1 Å². The van der Waals surface area contributed by atoms with Crippen LogP contribution < -0.4 is 10.2 Å². The average Bonchev–Trinajstić information content (AvgIpc) is 3.03. The van der Waals surface area contributed by atoms with Crippen LogP contribution in [0.25, 0.3) is 10.9 Å². The van der Waals surface area contributed by atoms with Crippen LogP contribution in [0.4, 0.5) is 5.69 Å². The SMILES string of the molecule is CC1=CC(=O)N(c2cc(C)ccc2C)C1(C(=O)NC(C)(C)CC(C)(C)C)c1ccc2ccccc2n1. The molecule has 4 rings (SSSR count). The summed E-state index contributed by atoms with van der Waals surface area (Å²) in [6.07, 6.45) is 2.35. The van der Waals surface area contributed by atoms with Crippen LogP contribution >= 0.6 is 0 Å². The van der Waals surface area contributed by atoms with Gasteiger partial charge in [-0.3, -0.25) is 14.5 Å². The molecule has 0 bridgehead atoms. The standard InChI is InChI=1S/C31H37N3O2/c1-20-13-14-21(2)25(17-20)34-27(35)18-22(3)31(34,28(36)33-30(7,8)19-29(4,5)6)26-16-15-23-11-9-10-12-24(23)32-26/h9-18H,19H2,1-8H3,(H,33,36). The molecule has 1 atom stereocenters. The maximum absolute atomic E-state index is 14.6. The van der Waals surface area contributed by atoms with Crippen molar-refractivity contribution < 1.29 is 9.59 Å². The molecule has 0 spiro atoms. The first-order valence-electron chi connectivity index (χ1n) is 12.5. The lowest BCUT2D eigenvalue weighted by molar-refractivity contribution is -0.129. The molecule has 36 heavy (non-hydrogen) atoms. The number of nitrogens with one attached hydrogen (secondary N) is 1. The van der Waals surface area contributed by atoms with Crippen LogP contribution in [0.3, 0.4) is 0 Å². The number of benzene rings is 2. The van der Waals surface area contributed by atoms with E-state index in [0.29, 0.717) is 17.0 Å². The van der Waals surface area contributed by atoms with E-state index in [1.54, 1.807) is 11.0 Å². The van der Waals surface area contributed by atoms with Crippen molar-refractivity contribution in [1.82, 2.24) is 10.3 Å². The van der Waals surface area contributed by atoms with E-state index in [0.717, 1.165) is 28.5 Å². The molecule has 2 aromatic carbocycles. The molecule has 1 aromatic heterocycles. The Hall–Kier alpha value is -3.47. The van der Waals surface area contributed by atoms with Crippen molar-refractivity contribution in [2.75, 3.05) is 4.90 Å². The van der Waals surface area contributed by atoms with Crippen molar-refractivity contribution in [3.8, 4) is 0 Å². The van der Waals surface area contributed by atoms with Gasteiger partial charge in [0, 0.05) is 22.7 Å². The first kappa shape index (κ1) is 25.6. The first-order chi connectivity index (χ1) is 16.7. The summed E-state index contributed by atoms with van der Waals surface area (Å²) in [6.45, 7) is 16.4. The van der Waals surface area contributed by atoms with E-state index in [1.807, 2.05) is 89.2 Å². The Morgan fingerprint density at radius 2 is 1.67 bits per heavy atom. The van der Waals surface area contributed by atoms with Crippen molar-refractivity contribution >= 4 is 28.4 Å². The van der Waals surface area contributed by atoms with Gasteiger partial charge in [0.2, 0.25) is 0 Å². The zero-order valence-corrected chi connectivity index (χ0v) is 22.7. The summed E-state index contributed by atoms with van der Waals surface area (Å²) in [6, 6.07) is 17.7. The number of para-hydroxylation sites is 1. The smallest absolute Gasteiger partial charge is 0.257 e. The lowest BCUT2D eigenvalue weighted by Gasteiger charge is -2.42. The Kier molecular flexibility index (Phi) is 6.32. The number of hydrogen-bond donors (Lipinski definition) is 1. The van der Waals surface area contributed by atoms with Crippen molar-refractivity contribution in [2.45, 2.75) is 72.9 Å². The van der Waals surface area contributed by atoms with Gasteiger partial charge in [0.05, 0.1) is 11.2 Å². The molecule has 1 aliphatic heterocycles. The maximum Gasteiger partial charge on any atom is 0.257 e. The number of hydrogen-bond acceptors (Lipinski definition) is 3. The van der Waals surface area contributed by atoms with Crippen LogP contribution in [0.2, 0.25) is 0 Å². The molecule has 0 fully saturated rings. The summed E-state index contributed by atoms with van der Waals surface area (Å²) in [5, 5.41) is 4.29. The summed E-state index contributed by atoms with van der Waals surface area (Å²) < 4.78 is 0. The third-order valence-corrected chi connectivity index (χ3v) is 6.79. The van der Waals surface area contributed by atoms with E-state index in [-0.39, 0.29) is 17.2 Å². The number of rotatable bonds is 5. The van der Waals surface area contributed by atoms with Crippen molar-refractivity contribution in [3.63, 3.8) is 0 Å². The number of fused-ring (bicyclic) bond motifs is 1. The first-order valence-corrected chi connectivity index (χ1v) is 12.5. The van der Waals surface area contributed by atoms with Gasteiger partial charge >= 0.3 is 0 Å². The molecule has 2 amide bonds. The summed E-state index contributed by atoms with van der Waals surface area (Å²) in [4.78, 5) is 34.8. The number of amides is 2. The largest absolute Gasteiger partial charge is 0.348 e. The molecule has 1 N–H and O–H groups in total. The van der Waals surface area contributed by atoms with E-state index >= 15 is 0 Å². The Bertz CT molecular complexity index is 1380. The number of nitrogens with zero attached hydrogens (tertiary/aromatic N) is 2. The third kappa shape index (κ3) is 4.55. The Balaban J connectivity index is 1.97. The fraction of sp³-hybridized carbons (Fsp3) is 0.387. The number of aryl methyl sites for hydroxylation is 2. The van der Waals surface area contributed by atoms with Crippen LogP contribution in [0.15, 0.2) is 66.2 Å². The van der Waals surface area contributed by atoms with Crippen LogP contribution in [-0.2, 0) is 15.1 Å². The topological polar surface area (TPSA) is 62.3 Å². The van der Waals surface area contributed by atoms with Crippen LogP contribution in [0.5, 0.6) is 0 Å². The number of anilines is 1. The maximum atomic E-state index is 14.6. The van der Waals surface area contributed by atoms with Gasteiger partial charge in [0.1, 0.15) is 0 Å². The van der Waals surface area contributed by atoms with Gasteiger partial charge in [-0.1, -0.05) is 57.2 Å². The normalized spacial score (nSPS) is 18.5. The zero-order chi connectivity index (χ0) is 26.5. The molecule has 3 aromatic rings. The van der Waals surface area contributed by atoms with E-state index in [4.69, 9.17) is 4.98 Å². The highest BCUT2D eigenvalue weighted by Crippen LogP contribution is 2.45. The molecule has 2 heterocycles. The van der Waals surface area contributed by atoms with Gasteiger partial charge in [0.15, 0.2) is 5.54 Å².